The summed E-state index contributed by atoms with van der Waals surface area (Å²) in [5, 5.41) is 4.24. The number of carbonyl (C=O) groups is 1. The lowest BCUT2D eigenvalue weighted by atomic mass is 10.0. The molecule has 0 bridgehead atoms. The lowest BCUT2D eigenvalue weighted by Gasteiger charge is -2.36. The Morgan fingerprint density at radius 2 is 2.00 bits per heavy atom. The fourth-order valence-electron chi connectivity index (χ4n) is 2.66. The molecule has 0 saturated carbocycles. The SMILES string of the molecule is Cl.O=C(c1cc(Cl)cc(Cl)c1)N1CCNCC1c1cccnc1. The highest BCUT2D eigenvalue weighted by atomic mass is 35.5. The number of pyridine rings is 1. The second kappa shape index (κ2) is 7.97. The van der Waals surface area contributed by atoms with E-state index in [0.717, 1.165) is 12.1 Å². The molecule has 1 unspecified atom stereocenters. The van der Waals surface area contributed by atoms with Crippen LogP contribution in [0.25, 0.3) is 0 Å². The van der Waals surface area contributed by atoms with E-state index in [1.807, 2.05) is 17.0 Å². The number of halogens is 3. The number of hydrogen-bond acceptors (Lipinski definition) is 3. The fraction of sp³-hybridized carbons (Fsp3) is 0.250. The smallest absolute Gasteiger partial charge is 0.254 e. The van der Waals surface area contributed by atoms with Gasteiger partial charge in [0.25, 0.3) is 5.91 Å². The van der Waals surface area contributed by atoms with E-state index in [9.17, 15) is 4.79 Å². The molecule has 1 aliphatic rings. The first-order valence-electron chi connectivity index (χ1n) is 7.03. The predicted octanol–water partition coefficient (Wildman–Crippen LogP) is 3.60. The maximum Gasteiger partial charge on any atom is 0.254 e. The molecule has 1 N–H and O–H groups in total. The number of carbonyl (C=O) groups excluding carboxylic acids is 1. The minimum atomic E-state index is -0.0697. The zero-order chi connectivity index (χ0) is 15.5. The van der Waals surface area contributed by atoms with Gasteiger partial charge in [-0.15, -0.1) is 12.4 Å². The van der Waals surface area contributed by atoms with E-state index in [0.29, 0.717) is 28.7 Å². The van der Waals surface area contributed by atoms with Gasteiger partial charge < -0.3 is 10.2 Å². The van der Waals surface area contributed by atoms with Gasteiger partial charge in [-0.2, -0.15) is 0 Å². The first-order chi connectivity index (χ1) is 10.6. The zero-order valence-corrected chi connectivity index (χ0v) is 14.5. The molecule has 4 nitrogen and oxygen atoms in total. The van der Waals surface area contributed by atoms with E-state index in [2.05, 4.69) is 10.3 Å². The number of aromatic nitrogens is 1. The van der Waals surface area contributed by atoms with Crippen LogP contribution in [0.15, 0.2) is 42.7 Å². The molecule has 1 saturated heterocycles. The molecule has 2 heterocycles. The number of amides is 1. The van der Waals surface area contributed by atoms with Gasteiger partial charge in [0, 0.05) is 47.6 Å². The Labute approximate surface area is 151 Å². The van der Waals surface area contributed by atoms with E-state index in [4.69, 9.17) is 23.2 Å². The number of piperazine rings is 1. The van der Waals surface area contributed by atoms with Gasteiger partial charge in [-0.3, -0.25) is 9.78 Å². The standard InChI is InChI=1S/C16H15Cl2N3O.ClH/c17-13-6-12(7-14(18)8-13)16(22)21-5-4-20-10-15(21)11-2-1-3-19-9-11;/h1-3,6-9,15,20H,4-5,10H2;1H. The number of hydrogen-bond donors (Lipinski definition) is 1. The van der Waals surface area contributed by atoms with Crippen LogP contribution in [0.3, 0.4) is 0 Å². The van der Waals surface area contributed by atoms with Crippen molar-refractivity contribution in [1.82, 2.24) is 15.2 Å². The molecule has 1 atom stereocenters. The molecule has 1 amide bonds. The van der Waals surface area contributed by atoms with Crippen LogP contribution in [0.2, 0.25) is 10.0 Å². The van der Waals surface area contributed by atoms with Gasteiger partial charge in [0.2, 0.25) is 0 Å². The zero-order valence-electron chi connectivity index (χ0n) is 12.2. The Morgan fingerprint density at radius 3 is 2.65 bits per heavy atom. The van der Waals surface area contributed by atoms with Gasteiger partial charge >= 0.3 is 0 Å². The summed E-state index contributed by atoms with van der Waals surface area (Å²) in [4.78, 5) is 18.8. The summed E-state index contributed by atoms with van der Waals surface area (Å²) in [6, 6.07) is 8.73. The van der Waals surface area contributed by atoms with Crippen molar-refractivity contribution >= 4 is 41.5 Å². The van der Waals surface area contributed by atoms with Gasteiger partial charge in [0.15, 0.2) is 0 Å². The van der Waals surface area contributed by atoms with Crippen LogP contribution in [-0.4, -0.2) is 35.4 Å². The summed E-state index contributed by atoms with van der Waals surface area (Å²) < 4.78 is 0. The number of benzene rings is 1. The van der Waals surface area contributed by atoms with Crippen LogP contribution in [0.4, 0.5) is 0 Å². The van der Waals surface area contributed by atoms with Crippen LogP contribution in [-0.2, 0) is 0 Å². The number of nitrogens with zero attached hydrogens (tertiary/aromatic N) is 2. The second-order valence-electron chi connectivity index (χ2n) is 5.16. The molecular weight excluding hydrogens is 357 g/mol. The highest BCUT2D eigenvalue weighted by Crippen LogP contribution is 2.26. The first-order valence-corrected chi connectivity index (χ1v) is 7.78. The minimum absolute atomic E-state index is 0. The van der Waals surface area contributed by atoms with E-state index in [-0.39, 0.29) is 24.4 Å². The third-order valence-corrected chi connectivity index (χ3v) is 4.12. The van der Waals surface area contributed by atoms with E-state index >= 15 is 0 Å². The molecular formula is C16H16Cl3N3O. The van der Waals surface area contributed by atoms with Gasteiger partial charge in [-0.05, 0) is 29.8 Å². The lowest BCUT2D eigenvalue weighted by molar-refractivity contribution is 0.0634. The molecule has 1 aromatic heterocycles. The average Bonchev–Trinajstić information content (AvgIpc) is 2.54. The minimum Gasteiger partial charge on any atom is -0.329 e. The summed E-state index contributed by atoms with van der Waals surface area (Å²) in [5.74, 6) is -0.0697. The average molecular weight is 373 g/mol. The molecule has 122 valence electrons. The lowest BCUT2D eigenvalue weighted by Crippen LogP contribution is -2.48. The summed E-state index contributed by atoms with van der Waals surface area (Å²) in [5.41, 5.74) is 1.52. The molecule has 0 radical (unpaired) electrons. The van der Waals surface area contributed by atoms with Crippen LogP contribution in [0.5, 0.6) is 0 Å². The quantitative estimate of drug-likeness (QED) is 0.876. The van der Waals surface area contributed by atoms with Crippen molar-refractivity contribution in [3.8, 4) is 0 Å². The Hall–Kier alpha value is -1.33. The van der Waals surface area contributed by atoms with Crippen molar-refractivity contribution in [3.05, 3.63) is 63.9 Å². The van der Waals surface area contributed by atoms with E-state index in [1.54, 1.807) is 30.6 Å². The maximum atomic E-state index is 12.8. The Kier molecular flexibility index (Phi) is 6.25. The summed E-state index contributed by atoms with van der Waals surface area (Å²) in [6.45, 7) is 2.09. The molecule has 23 heavy (non-hydrogen) atoms. The molecule has 1 aromatic carbocycles. The van der Waals surface area contributed by atoms with Crippen molar-refractivity contribution in [2.24, 2.45) is 0 Å². The molecule has 0 aliphatic carbocycles. The molecule has 1 fully saturated rings. The van der Waals surface area contributed by atoms with Gasteiger partial charge in [-0.1, -0.05) is 29.3 Å². The first kappa shape index (κ1) is 18.0. The Morgan fingerprint density at radius 1 is 1.26 bits per heavy atom. The van der Waals surface area contributed by atoms with E-state index < -0.39 is 0 Å². The summed E-state index contributed by atoms with van der Waals surface area (Å²) in [7, 11) is 0. The monoisotopic (exact) mass is 371 g/mol. The van der Waals surface area contributed by atoms with Gasteiger partial charge in [-0.25, -0.2) is 0 Å². The number of nitrogens with one attached hydrogen (secondary N) is 1. The topological polar surface area (TPSA) is 45.2 Å². The van der Waals surface area contributed by atoms with E-state index in [1.165, 1.54) is 0 Å². The third-order valence-electron chi connectivity index (χ3n) is 3.68. The van der Waals surface area contributed by atoms with Gasteiger partial charge in [0.05, 0.1) is 6.04 Å². The van der Waals surface area contributed by atoms with Crippen molar-refractivity contribution in [2.75, 3.05) is 19.6 Å². The maximum absolute atomic E-state index is 12.8. The Balaban J connectivity index is 0.00000192. The normalized spacial score (nSPS) is 17.5. The second-order valence-corrected chi connectivity index (χ2v) is 6.04. The van der Waals surface area contributed by atoms with Crippen molar-refractivity contribution in [2.45, 2.75) is 6.04 Å². The fourth-order valence-corrected chi connectivity index (χ4v) is 3.19. The third kappa shape index (κ3) is 4.15. The summed E-state index contributed by atoms with van der Waals surface area (Å²) in [6.07, 6.45) is 3.52. The highest BCUT2D eigenvalue weighted by molar-refractivity contribution is 6.35. The highest BCUT2D eigenvalue weighted by Gasteiger charge is 2.29. The van der Waals surface area contributed by atoms with Crippen LogP contribution >= 0.6 is 35.6 Å². The van der Waals surface area contributed by atoms with Gasteiger partial charge in [0.1, 0.15) is 0 Å². The Bertz CT molecular complexity index is 661. The molecule has 7 heteroatoms. The molecule has 0 spiro atoms. The van der Waals surface area contributed by atoms with Crippen LogP contribution in [0.1, 0.15) is 22.0 Å². The van der Waals surface area contributed by atoms with Crippen molar-refractivity contribution in [3.63, 3.8) is 0 Å². The van der Waals surface area contributed by atoms with Crippen molar-refractivity contribution in [1.29, 1.82) is 0 Å². The van der Waals surface area contributed by atoms with Crippen molar-refractivity contribution < 1.29 is 4.79 Å². The largest absolute Gasteiger partial charge is 0.329 e. The number of rotatable bonds is 2. The van der Waals surface area contributed by atoms with Crippen LogP contribution < -0.4 is 5.32 Å². The molecule has 1 aliphatic heterocycles. The molecule has 2 aromatic rings. The molecule has 3 rings (SSSR count). The van der Waals surface area contributed by atoms with Crippen LogP contribution in [0, 0.1) is 0 Å². The summed E-state index contributed by atoms with van der Waals surface area (Å²) >= 11 is 12.0. The predicted molar refractivity (Wildman–Crippen MR) is 94.6 cm³/mol.